The number of anilines is 1. The highest BCUT2D eigenvalue weighted by molar-refractivity contribution is 6.28. The van der Waals surface area contributed by atoms with Gasteiger partial charge in [0.1, 0.15) is 24.3 Å². The molecule has 1 saturated heterocycles. The molecule has 3 heterocycles. The third-order valence-corrected chi connectivity index (χ3v) is 5.13. The molecule has 1 aliphatic rings. The Balaban J connectivity index is 1.46. The summed E-state index contributed by atoms with van der Waals surface area (Å²) in [7, 11) is 0. The Bertz CT molecular complexity index is 1090. The van der Waals surface area contributed by atoms with E-state index in [9.17, 15) is 4.79 Å². The van der Waals surface area contributed by atoms with E-state index in [4.69, 9.17) is 33.2 Å². The highest BCUT2D eigenvalue weighted by Crippen LogP contribution is 2.38. The van der Waals surface area contributed by atoms with Gasteiger partial charge in [0.15, 0.2) is 5.60 Å². The van der Waals surface area contributed by atoms with E-state index in [0.29, 0.717) is 29.7 Å². The van der Waals surface area contributed by atoms with Gasteiger partial charge in [0, 0.05) is 6.20 Å². The van der Waals surface area contributed by atoms with E-state index >= 15 is 0 Å². The number of nitrogens with zero attached hydrogens (tertiary/aromatic N) is 3. The number of nitrogens with two attached hydrogens (primary N) is 1. The predicted molar refractivity (Wildman–Crippen MR) is 109 cm³/mol. The van der Waals surface area contributed by atoms with Crippen LogP contribution in [-0.4, -0.2) is 32.7 Å². The third-order valence-electron chi connectivity index (χ3n) is 4.96. The molecule has 1 aromatic carbocycles. The first kappa shape index (κ1) is 19.2. The average molecular weight is 411 g/mol. The summed E-state index contributed by atoms with van der Waals surface area (Å²) in [6.45, 7) is -0.0112. The van der Waals surface area contributed by atoms with Gasteiger partial charge >= 0.3 is 5.97 Å². The molecule has 3 aromatic rings. The van der Waals surface area contributed by atoms with Crippen LogP contribution in [0.15, 0.2) is 42.6 Å². The molecule has 1 fully saturated rings. The summed E-state index contributed by atoms with van der Waals surface area (Å²) in [5.41, 5.74) is 6.37. The van der Waals surface area contributed by atoms with Crippen molar-refractivity contribution in [3.8, 4) is 12.3 Å². The highest BCUT2D eigenvalue weighted by Gasteiger charge is 2.41. The van der Waals surface area contributed by atoms with Crippen LogP contribution >= 0.6 is 11.6 Å². The summed E-state index contributed by atoms with van der Waals surface area (Å²) < 4.78 is 13.4. The highest BCUT2D eigenvalue weighted by atomic mass is 35.5. The van der Waals surface area contributed by atoms with Gasteiger partial charge in [-0.2, -0.15) is 4.98 Å². The van der Waals surface area contributed by atoms with Crippen LogP contribution in [-0.2, 0) is 20.7 Å². The van der Waals surface area contributed by atoms with Crippen LogP contribution < -0.4 is 5.73 Å². The molecule has 2 aromatic heterocycles. The molecule has 4 rings (SSSR count). The molecule has 0 spiro atoms. The number of rotatable bonds is 5. The van der Waals surface area contributed by atoms with Gasteiger partial charge in [-0.05, 0) is 36.1 Å². The molecule has 0 saturated carbocycles. The monoisotopic (exact) mass is 410 g/mol. The molecule has 7 nitrogen and oxygen atoms in total. The molecule has 8 heteroatoms. The standard InChI is InChI=1S/C21H19ClN4O3/c1-2-21(13-28-17(27)12-14-6-4-3-5-7-14)10-8-16(29-21)26-11-9-15-18(23)24-20(22)25-19(15)26/h1,3-7,9,11,16H,8,10,12-13H2,(H2,23,24,25). The van der Waals surface area contributed by atoms with E-state index in [-0.39, 0.29) is 30.5 Å². The molecule has 2 unspecified atom stereocenters. The second-order valence-corrected chi connectivity index (χ2v) is 7.25. The topological polar surface area (TPSA) is 92.3 Å². The molecular weight excluding hydrogens is 392 g/mol. The molecule has 2 atom stereocenters. The Morgan fingerprint density at radius 1 is 1.38 bits per heavy atom. The van der Waals surface area contributed by atoms with Crippen LogP contribution in [0.3, 0.4) is 0 Å². The van der Waals surface area contributed by atoms with Crippen LogP contribution in [0.25, 0.3) is 11.0 Å². The van der Waals surface area contributed by atoms with Crippen molar-refractivity contribution in [1.29, 1.82) is 0 Å². The minimum atomic E-state index is -0.990. The fourth-order valence-corrected chi connectivity index (χ4v) is 3.63. The first-order valence-corrected chi connectivity index (χ1v) is 9.52. The van der Waals surface area contributed by atoms with Gasteiger partial charge in [-0.3, -0.25) is 4.79 Å². The predicted octanol–water partition coefficient (Wildman–Crippen LogP) is 3.13. The third kappa shape index (κ3) is 3.90. The minimum absolute atomic E-state index is 0.0112. The molecule has 0 bridgehead atoms. The number of aromatic nitrogens is 3. The van der Waals surface area contributed by atoms with Crippen molar-refractivity contribution in [2.75, 3.05) is 12.3 Å². The number of ether oxygens (including phenoxy) is 2. The number of hydrogen-bond acceptors (Lipinski definition) is 6. The van der Waals surface area contributed by atoms with Crippen molar-refractivity contribution in [2.45, 2.75) is 31.1 Å². The van der Waals surface area contributed by atoms with E-state index in [1.807, 2.05) is 41.1 Å². The summed E-state index contributed by atoms with van der Waals surface area (Å²) in [4.78, 5) is 20.4. The van der Waals surface area contributed by atoms with Crippen molar-refractivity contribution in [3.63, 3.8) is 0 Å². The van der Waals surface area contributed by atoms with E-state index < -0.39 is 5.60 Å². The number of nitrogen functional groups attached to an aromatic ring is 1. The normalized spacial score (nSPS) is 21.2. The van der Waals surface area contributed by atoms with Gasteiger partial charge in [0.25, 0.3) is 0 Å². The van der Waals surface area contributed by atoms with Crippen molar-refractivity contribution in [3.05, 3.63) is 53.4 Å². The van der Waals surface area contributed by atoms with Crippen molar-refractivity contribution >= 4 is 34.4 Å². The first-order valence-electron chi connectivity index (χ1n) is 9.14. The van der Waals surface area contributed by atoms with E-state index in [0.717, 1.165) is 5.56 Å². The summed E-state index contributed by atoms with van der Waals surface area (Å²) in [5, 5.41) is 0.747. The number of halogens is 1. The molecular formula is C21H19ClN4O3. The largest absolute Gasteiger partial charge is 0.461 e. The van der Waals surface area contributed by atoms with E-state index in [1.165, 1.54) is 0 Å². The summed E-state index contributed by atoms with van der Waals surface area (Å²) in [5.74, 6) is 2.61. The number of benzene rings is 1. The maximum atomic E-state index is 12.2. The fourth-order valence-electron chi connectivity index (χ4n) is 3.46. The van der Waals surface area contributed by atoms with Crippen molar-refractivity contribution in [1.82, 2.24) is 14.5 Å². The second-order valence-electron chi connectivity index (χ2n) is 6.91. The van der Waals surface area contributed by atoms with Crippen LogP contribution in [0.4, 0.5) is 5.82 Å². The number of carbonyl (C=O) groups is 1. The molecule has 0 radical (unpaired) electrons. The average Bonchev–Trinajstić information content (AvgIpc) is 3.32. The Morgan fingerprint density at radius 3 is 2.93 bits per heavy atom. The summed E-state index contributed by atoms with van der Waals surface area (Å²) in [6, 6.07) is 11.2. The zero-order valence-corrected chi connectivity index (χ0v) is 16.3. The zero-order valence-electron chi connectivity index (χ0n) is 15.5. The lowest BCUT2D eigenvalue weighted by Gasteiger charge is -2.24. The molecule has 0 aliphatic carbocycles. The lowest BCUT2D eigenvalue weighted by atomic mass is 10.0. The van der Waals surface area contributed by atoms with Crippen molar-refractivity contribution < 1.29 is 14.3 Å². The molecule has 29 heavy (non-hydrogen) atoms. The quantitative estimate of drug-likeness (QED) is 0.394. The number of esters is 1. The van der Waals surface area contributed by atoms with Gasteiger partial charge in [0.2, 0.25) is 5.28 Å². The first-order chi connectivity index (χ1) is 14.0. The molecule has 148 valence electrons. The van der Waals surface area contributed by atoms with Gasteiger partial charge in [-0.1, -0.05) is 36.3 Å². The smallest absolute Gasteiger partial charge is 0.310 e. The Labute approximate surface area is 172 Å². The van der Waals surface area contributed by atoms with E-state index in [1.54, 1.807) is 6.07 Å². The van der Waals surface area contributed by atoms with Crippen LogP contribution in [0.2, 0.25) is 5.28 Å². The van der Waals surface area contributed by atoms with Gasteiger partial charge in [-0.15, -0.1) is 6.42 Å². The van der Waals surface area contributed by atoms with Crippen LogP contribution in [0, 0.1) is 12.3 Å². The van der Waals surface area contributed by atoms with Gasteiger partial charge in [-0.25, -0.2) is 4.98 Å². The fraction of sp³-hybridized carbons (Fsp3) is 0.286. The minimum Gasteiger partial charge on any atom is -0.461 e. The number of hydrogen-bond donors (Lipinski definition) is 1. The van der Waals surface area contributed by atoms with Gasteiger partial charge < -0.3 is 19.8 Å². The Hall–Kier alpha value is -3.08. The second kappa shape index (κ2) is 7.74. The molecule has 1 aliphatic heterocycles. The molecule has 2 N–H and O–H groups in total. The van der Waals surface area contributed by atoms with Gasteiger partial charge in [0.05, 0.1) is 11.8 Å². The lowest BCUT2D eigenvalue weighted by molar-refractivity contribution is -0.151. The Kier molecular flexibility index (Phi) is 5.14. The van der Waals surface area contributed by atoms with Crippen LogP contribution in [0.5, 0.6) is 0 Å². The zero-order chi connectivity index (χ0) is 20.4. The number of fused-ring (bicyclic) bond motifs is 1. The van der Waals surface area contributed by atoms with Crippen LogP contribution in [0.1, 0.15) is 24.6 Å². The van der Waals surface area contributed by atoms with Crippen molar-refractivity contribution in [2.24, 2.45) is 0 Å². The Morgan fingerprint density at radius 2 is 2.17 bits per heavy atom. The SMILES string of the molecule is C#CC1(COC(=O)Cc2ccccc2)CCC(n2ccc3c(N)nc(Cl)nc32)O1. The number of carbonyl (C=O) groups excluding carboxylic acids is 1. The lowest BCUT2D eigenvalue weighted by Crippen LogP contribution is -2.34. The maximum Gasteiger partial charge on any atom is 0.310 e. The number of terminal acetylenes is 1. The van der Waals surface area contributed by atoms with E-state index in [2.05, 4.69) is 15.9 Å². The summed E-state index contributed by atoms with van der Waals surface area (Å²) in [6.07, 6.45) is 8.53. The summed E-state index contributed by atoms with van der Waals surface area (Å²) >= 11 is 5.95. The maximum absolute atomic E-state index is 12.2. The molecule has 0 amide bonds.